The molecule has 0 aliphatic carbocycles. The first-order chi connectivity index (χ1) is 12.7. The standard InChI is InChI=1S/C21H33NO5Si/c1-9-26-18(23)14-15-21(5,6)19(27-28(7,8)20(2,3)4)16-10-12-17(13-11-16)22(24)25/h10-15,19H,9H2,1-8H3/b15-14+. The number of nitrogens with zero attached hydrogens (tertiary/aromatic N) is 1. The van der Waals surface area contributed by atoms with Crippen LogP contribution in [0.3, 0.4) is 0 Å². The zero-order chi connectivity index (χ0) is 21.8. The molecular formula is C21H33NO5Si. The van der Waals surface area contributed by atoms with Crippen LogP contribution in [0.25, 0.3) is 0 Å². The minimum atomic E-state index is -2.15. The number of nitro groups is 1. The second-order valence-electron chi connectivity index (χ2n) is 9.01. The molecule has 1 rings (SSSR count). The van der Waals surface area contributed by atoms with Gasteiger partial charge in [0.15, 0.2) is 8.32 Å². The molecule has 0 radical (unpaired) electrons. The Labute approximate surface area is 169 Å². The first kappa shape index (κ1) is 24.0. The lowest BCUT2D eigenvalue weighted by Crippen LogP contribution is -2.44. The van der Waals surface area contributed by atoms with Gasteiger partial charge in [-0.1, -0.05) is 40.7 Å². The number of benzene rings is 1. The zero-order valence-corrected chi connectivity index (χ0v) is 19.2. The van der Waals surface area contributed by atoms with E-state index in [0.29, 0.717) is 6.61 Å². The highest BCUT2D eigenvalue weighted by Crippen LogP contribution is 2.46. The molecule has 1 unspecified atom stereocenters. The van der Waals surface area contributed by atoms with Gasteiger partial charge in [-0.2, -0.15) is 0 Å². The van der Waals surface area contributed by atoms with Crippen molar-refractivity contribution in [2.24, 2.45) is 5.41 Å². The van der Waals surface area contributed by atoms with Crippen molar-refractivity contribution in [1.82, 2.24) is 0 Å². The van der Waals surface area contributed by atoms with Crippen LogP contribution < -0.4 is 0 Å². The van der Waals surface area contributed by atoms with Crippen LogP contribution in [0.15, 0.2) is 36.4 Å². The van der Waals surface area contributed by atoms with Gasteiger partial charge in [-0.3, -0.25) is 10.1 Å². The summed E-state index contributed by atoms with van der Waals surface area (Å²) in [6, 6.07) is 6.44. The summed E-state index contributed by atoms with van der Waals surface area (Å²) >= 11 is 0. The van der Waals surface area contributed by atoms with E-state index in [1.54, 1.807) is 25.1 Å². The number of rotatable bonds is 8. The molecule has 0 aliphatic rings. The number of hydrogen-bond donors (Lipinski definition) is 0. The Morgan fingerprint density at radius 1 is 1.18 bits per heavy atom. The Morgan fingerprint density at radius 2 is 1.71 bits per heavy atom. The normalized spacial score (nSPS) is 14.1. The van der Waals surface area contributed by atoms with Crippen molar-refractivity contribution in [3.05, 3.63) is 52.1 Å². The number of carbonyl (C=O) groups is 1. The number of nitro benzene ring substituents is 1. The van der Waals surface area contributed by atoms with Crippen molar-refractivity contribution in [3.63, 3.8) is 0 Å². The number of esters is 1. The molecule has 0 heterocycles. The summed E-state index contributed by atoms with van der Waals surface area (Å²) in [6.07, 6.45) is 2.86. The molecule has 0 bridgehead atoms. The second-order valence-corrected chi connectivity index (χ2v) is 13.8. The van der Waals surface area contributed by atoms with Gasteiger partial charge in [0.25, 0.3) is 5.69 Å². The summed E-state index contributed by atoms with van der Waals surface area (Å²) in [4.78, 5) is 22.4. The predicted molar refractivity (Wildman–Crippen MR) is 114 cm³/mol. The molecule has 0 saturated heterocycles. The molecule has 0 fully saturated rings. The van der Waals surface area contributed by atoms with Gasteiger partial charge in [0.05, 0.1) is 17.6 Å². The predicted octanol–water partition coefficient (Wildman–Crippen LogP) is 5.80. The summed E-state index contributed by atoms with van der Waals surface area (Å²) in [5, 5.41) is 11.0. The highest BCUT2D eigenvalue weighted by molar-refractivity contribution is 6.74. The van der Waals surface area contributed by atoms with Crippen molar-refractivity contribution in [1.29, 1.82) is 0 Å². The smallest absolute Gasteiger partial charge is 0.330 e. The second kappa shape index (κ2) is 9.00. The van der Waals surface area contributed by atoms with Crippen LogP contribution in [-0.4, -0.2) is 25.8 Å². The van der Waals surface area contributed by atoms with Gasteiger partial charge in [0, 0.05) is 23.6 Å². The maximum Gasteiger partial charge on any atom is 0.330 e. The minimum absolute atomic E-state index is 0.00698. The van der Waals surface area contributed by atoms with Crippen molar-refractivity contribution < 1.29 is 18.9 Å². The molecule has 0 amide bonds. The van der Waals surface area contributed by atoms with Gasteiger partial charge in [-0.15, -0.1) is 0 Å². The third-order valence-electron chi connectivity index (χ3n) is 5.24. The number of ether oxygens (including phenoxy) is 1. The fourth-order valence-electron chi connectivity index (χ4n) is 2.45. The van der Waals surface area contributed by atoms with Crippen molar-refractivity contribution in [3.8, 4) is 0 Å². The molecule has 1 atom stereocenters. The van der Waals surface area contributed by atoms with E-state index in [1.165, 1.54) is 18.2 Å². The van der Waals surface area contributed by atoms with E-state index in [0.717, 1.165) is 5.56 Å². The molecule has 1 aromatic rings. The lowest BCUT2D eigenvalue weighted by Gasteiger charge is -2.43. The fraction of sp³-hybridized carbons (Fsp3) is 0.571. The summed E-state index contributed by atoms with van der Waals surface area (Å²) in [6.45, 7) is 16.9. The van der Waals surface area contributed by atoms with Crippen molar-refractivity contribution in [2.75, 3.05) is 6.61 Å². The Balaban J connectivity index is 3.34. The van der Waals surface area contributed by atoms with Crippen LogP contribution in [0.2, 0.25) is 18.1 Å². The SMILES string of the molecule is CCOC(=O)/C=C/C(C)(C)C(O[Si](C)(C)C(C)(C)C)c1ccc([N+](=O)[O-])cc1. The molecule has 0 N–H and O–H groups in total. The third-order valence-corrected chi connectivity index (χ3v) is 9.67. The highest BCUT2D eigenvalue weighted by Gasteiger charge is 2.42. The van der Waals surface area contributed by atoms with Crippen LogP contribution >= 0.6 is 0 Å². The summed E-state index contributed by atoms with van der Waals surface area (Å²) in [5.74, 6) is -0.398. The van der Waals surface area contributed by atoms with Crippen LogP contribution in [0.4, 0.5) is 5.69 Å². The van der Waals surface area contributed by atoms with Crippen LogP contribution in [0.5, 0.6) is 0 Å². The Hall–Kier alpha value is -1.99. The zero-order valence-electron chi connectivity index (χ0n) is 18.2. The molecule has 28 heavy (non-hydrogen) atoms. The first-order valence-electron chi connectivity index (χ1n) is 9.49. The maximum atomic E-state index is 11.8. The van der Waals surface area contributed by atoms with E-state index in [1.807, 2.05) is 13.8 Å². The average molecular weight is 408 g/mol. The van der Waals surface area contributed by atoms with Crippen molar-refractivity contribution >= 4 is 20.0 Å². The molecule has 0 spiro atoms. The van der Waals surface area contributed by atoms with E-state index < -0.39 is 24.6 Å². The maximum absolute atomic E-state index is 11.8. The minimum Gasteiger partial charge on any atom is -0.463 e. The van der Waals surface area contributed by atoms with Gasteiger partial charge in [0.1, 0.15) is 0 Å². The van der Waals surface area contributed by atoms with Gasteiger partial charge in [-0.05, 0) is 42.8 Å². The van der Waals surface area contributed by atoms with Crippen molar-refractivity contribution in [2.45, 2.75) is 65.8 Å². The van der Waals surface area contributed by atoms with Crippen LogP contribution in [0.1, 0.15) is 53.2 Å². The van der Waals surface area contributed by atoms with Gasteiger partial charge >= 0.3 is 5.97 Å². The molecule has 7 heteroatoms. The molecule has 0 saturated carbocycles. The summed E-state index contributed by atoms with van der Waals surface area (Å²) in [7, 11) is -2.15. The van der Waals surface area contributed by atoms with Crippen LogP contribution in [-0.2, 0) is 14.0 Å². The van der Waals surface area contributed by atoms with Gasteiger partial charge < -0.3 is 9.16 Å². The lowest BCUT2D eigenvalue weighted by molar-refractivity contribution is -0.384. The molecule has 0 aromatic heterocycles. The van der Waals surface area contributed by atoms with Gasteiger partial charge in [0.2, 0.25) is 0 Å². The lowest BCUT2D eigenvalue weighted by atomic mass is 9.82. The number of carbonyl (C=O) groups excluding carboxylic acids is 1. The van der Waals surface area contributed by atoms with E-state index in [4.69, 9.17) is 9.16 Å². The number of hydrogen-bond acceptors (Lipinski definition) is 5. The fourth-order valence-corrected chi connectivity index (χ4v) is 3.83. The molecule has 6 nitrogen and oxygen atoms in total. The van der Waals surface area contributed by atoms with E-state index in [-0.39, 0.29) is 16.8 Å². The van der Waals surface area contributed by atoms with Crippen LogP contribution in [0, 0.1) is 15.5 Å². The van der Waals surface area contributed by atoms with E-state index in [2.05, 4.69) is 33.9 Å². The Kier molecular flexibility index (Phi) is 7.73. The molecule has 156 valence electrons. The number of non-ortho nitro benzene ring substituents is 1. The first-order valence-corrected chi connectivity index (χ1v) is 12.4. The van der Waals surface area contributed by atoms with E-state index in [9.17, 15) is 14.9 Å². The third kappa shape index (κ3) is 6.27. The quantitative estimate of drug-likeness (QED) is 0.179. The van der Waals surface area contributed by atoms with Gasteiger partial charge in [-0.25, -0.2) is 4.79 Å². The van der Waals surface area contributed by atoms with E-state index >= 15 is 0 Å². The average Bonchev–Trinajstić information content (AvgIpc) is 2.57. The Bertz CT molecular complexity index is 717. The molecule has 0 aliphatic heterocycles. The highest BCUT2D eigenvalue weighted by atomic mass is 28.4. The topological polar surface area (TPSA) is 78.7 Å². The molecular weight excluding hydrogens is 374 g/mol. The summed E-state index contributed by atoms with van der Waals surface area (Å²) < 4.78 is 11.7. The monoisotopic (exact) mass is 407 g/mol. The molecule has 1 aromatic carbocycles. The Morgan fingerprint density at radius 3 is 2.14 bits per heavy atom. The largest absolute Gasteiger partial charge is 0.463 e. The summed E-state index contributed by atoms with van der Waals surface area (Å²) in [5.41, 5.74) is 0.349.